The van der Waals surface area contributed by atoms with Crippen molar-refractivity contribution in [2.75, 3.05) is 50.8 Å². The fourth-order valence-corrected chi connectivity index (χ4v) is 6.30. The van der Waals surface area contributed by atoms with Gasteiger partial charge in [0.05, 0.1) is 11.5 Å². The lowest BCUT2D eigenvalue weighted by Crippen LogP contribution is -2.35. The Morgan fingerprint density at radius 1 is 0.366 bits per heavy atom. The van der Waals surface area contributed by atoms with Gasteiger partial charge in [0, 0.05) is 13.1 Å². The van der Waals surface area contributed by atoms with E-state index < -0.39 is 20.2 Å². The van der Waals surface area contributed by atoms with E-state index in [4.69, 9.17) is 0 Å². The molecule has 2 N–H and O–H groups in total. The van der Waals surface area contributed by atoms with Crippen molar-refractivity contribution in [3.05, 3.63) is 0 Å². The second-order valence-electron chi connectivity index (χ2n) is 12.0. The van der Waals surface area contributed by atoms with E-state index in [1.165, 1.54) is 103 Å². The van der Waals surface area contributed by atoms with Gasteiger partial charge >= 0.3 is 0 Å². The van der Waals surface area contributed by atoms with Crippen molar-refractivity contribution < 1.29 is 25.9 Å². The molecule has 8 nitrogen and oxygen atoms in total. The van der Waals surface area contributed by atoms with Gasteiger partial charge < -0.3 is 9.80 Å². The molecule has 10 heteroatoms. The third-order valence-corrected chi connectivity index (χ3v) is 9.33. The Labute approximate surface area is 254 Å². The van der Waals surface area contributed by atoms with Gasteiger partial charge in [0.1, 0.15) is 0 Å². The number of nitrogens with zero attached hydrogens (tertiary/aromatic N) is 2. The van der Waals surface area contributed by atoms with Crippen molar-refractivity contribution in [1.82, 2.24) is 9.80 Å². The molecular formula is C31H66N2O6S2. The number of hydrogen-bond donors (Lipinski definition) is 2. The topological polar surface area (TPSA) is 115 Å². The van der Waals surface area contributed by atoms with Crippen LogP contribution in [0.4, 0.5) is 0 Å². The van der Waals surface area contributed by atoms with Gasteiger partial charge in [-0.1, -0.05) is 129 Å². The van der Waals surface area contributed by atoms with Gasteiger partial charge in [-0.15, -0.1) is 0 Å². The molecule has 0 saturated carbocycles. The lowest BCUT2D eigenvalue weighted by molar-refractivity contribution is 0.231. The molecule has 0 bridgehead atoms. The van der Waals surface area contributed by atoms with Crippen LogP contribution in [0.5, 0.6) is 0 Å². The minimum Gasteiger partial charge on any atom is -0.302 e. The van der Waals surface area contributed by atoms with Crippen LogP contribution in [-0.4, -0.2) is 86.5 Å². The number of unbranched alkanes of at least 4 members (excludes halogenated alkanes) is 18. The summed E-state index contributed by atoms with van der Waals surface area (Å²) in [6.45, 7) is 8.09. The Bertz CT molecular complexity index is 713. The minimum absolute atomic E-state index is 0.268. The number of hydrogen-bond acceptors (Lipinski definition) is 6. The molecule has 0 aromatic rings. The summed E-state index contributed by atoms with van der Waals surface area (Å²) >= 11 is 0. The van der Waals surface area contributed by atoms with Crippen LogP contribution in [-0.2, 0) is 20.2 Å². The molecule has 0 aliphatic heterocycles. The summed E-state index contributed by atoms with van der Waals surface area (Å²) in [5.74, 6) is -0.536. The maximum Gasteiger partial charge on any atom is 0.266 e. The smallest absolute Gasteiger partial charge is 0.266 e. The SMILES string of the molecule is CCCCCCCCCCCCN(CCCN(CCCCCCCCCCCC)CCS(=O)(=O)O)CCS(=O)(=O)O. The van der Waals surface area contributed by atoms with Crippen LogP contribution >= 0.6 is 0 Å². The molecule has 0 radical (unpaired) electrons. The molecule has 0 saturated heterocycles. The lowest BCUT2D eigenvalue weighted by atomic mass is 10.1. The zero-order valence-electron chi connectivity index (χ0n) is 26.7. The van der Waals surface area contributed by atoms with Gasteiger partial charge in [-0.3, -0.25) is 9.11 Å². The Morgan fingerprint density at radius 2 is 0.610 bits per heavy atom. The Hall–Kier alpha value is -0.260. The highest BCUT2D eigenvalue weighted by Crippen LogP contribution is 2.13. The summed E-state index contributed by atoms with van der Waals surface area (Å²) in [6, 6.07) is 0. The quantitative estimate of drug-likeness (QED) is 0.0579. The predicted molar refractivity (Wildman–Crippen MR) is 174 cm³/mol. The standard InChI is InChI=1S/C31H66N2O6S2/c1-3-5-7-9-11-13-15-17-19-21-24-32(28-30-40(34,35)36)26-23-27-33(29-31-41(37,38)39)25-22-20-18-16-14-12-10-8-6-4-2/h3-31H2,1-2H3,(H,34,35,36)(H,37,38,39). The summed E-state index contributed by atoms with van der Waals surface area (Å²) in [7, 11) is -8.02. The van der Waals surface area contributed by atoms with Crippen LogP contribution in [0.25, 0.3) is 0 Å². The molecule has 41 heavy (non-hydrogen) atoms. The van der Waals surface area contributed by atoms with Crippen LogP contribution in [0.2, 0.25) is 0 Å². The first-order chi connectivity index (χ1) is 19.6. The highest BCUT2D eigenvalue weighted by molar-refractivity contribution is 7.86. The van der Waals surface area contributed by atoms with Gasteiger partial charge in [-0.25, -0.2) is 0 Å². The first-order valence-electron chi connectivity index (χ1n) is 16.9. The molecule has 0 fully saturated rings. The van der Waals surface area contributed by atoms with Crippen molar-refractivity contribution in [2.45, 2.75) is 149 Å². The molecule has 0 amide bonds. The average molecular weight is 627 g/mol. The van der Waals surface area contributed by atoms with Gasteiger partial charge in [0.25, 0.3) is 20.2 Å². The highest BCUT2D eigenvalue weighted by atomic mass is 32.2. The Balaban J connectivity index is 4.43. The molecule has 248 valence electrons. The van der Waals surface area contributed by atoms with Crippen molar-refractivity contribution >= 4 is 20.2 Å². The normalized spacial score (nSPS) is 12.6. The molecule has 0 heterocycles. The van der Waals surface area contributed by atoms with Crippen molar-refractivity contribution in [3.63, 3.8) is 0 Å². The molecule has 0 atom stereocenters. The second-order valence-corrected chi connectivity index (χ2v) is 15.1. The molecule has 0 aromatic heterocycles. The molecule has 0 unspecified atom stereocenters. The van der Waals surface area contributed by atoms with Crippen LogP contribution < -0.4 is 0 Å². The summed E-state index contributed by atoms with van der Waals surface area (Å²) in [5, 5.41) is 0. The van der Waals surface area contributed by atoms with Crippen LogP contribution in [0.1, 0.15) is 149 Å². The highest BCUT2D eigenvalue weighted by Gasteiger charge is 2.14. The van der Waals surface area contributed by atoms with Crippen molar-refractivity contribution in [1.29, 1.82) is 0 Å². The first kappa shape index (κ1) is 40.7. The van der Waals surface area contributed by atoms with E-state index in [-0.39, 0.29) is 11.5 Å². The third kappa shape index (κ3) is 32.5. The molecule has 0 rings (SSSR count). The van der Waals surface area contributed by atoms with Gasteiger partial charge in [0.2, 0.25) is 0 Å². The van der Waals surface area contributed by atoms with E-state index in [0.29, 0.717) is 26.2 Å². The van der Waals surface area contributed by atoms with Crippen molar-refractivity contribution in [2.24, 2.45) is 0 Å². The maximum absolute atomic E-state index is 11.4. The van der Waals surface area contributed by atoms with Crippen LogP contribution in [0.15, 0.2) is 0 Å². The second kappa shape index (κ2) is 27.3. The first-order valence-corrected chi connectivity index (χ1v) is 20.1. The van der Waals surface area contributed by atoms with Crippen LogP contribution in [0, 0.1) is 0 Å². The predicted octanol–water partition coefficient (Wildman–Crippen LogP) is 7.60. The zero-order valence-corrected chi connectivity index (χ0v) is 28.4. The summed E-state index contributed by atoms with van der Waals surface area (Å²) in [5.41, 5.74) is 0. The Morgan fingerprint density at radius 3 is 0.878 bits per heavy atom. The van der Waals surface area contributed by atoms with Gasteiger partial charge in [-0.05, 0) is 45.4 Å². The average Bonchev–Trinajstić information content (AvgIpc) is 2.90. The zero-order chi connectivity index (χ0) is 30.7. The monoisotopic (exact) mass is 626 g/mol. The summed E-state index contributed by atoms with van der Waals surface area (Å²) in [4.78, 5) is 4.22. The molecule has 0 aliphatic carbocycles. The minimum atomic E-state index is -4.01. The fourth-order valence-electron chi connectivity index (χ4n) is 5.32. The lowest BCUT2D eigenvalue weighted by Gasteiger charge is -2.25. The number of rotatable bonds is 32. The maximum atomic E-state index is 11.4. The summed E-state index contributed by atoms with van der Waals surface area (Å²) < 4.78 is 63.9. The van der Waals surface area contributed by atoms with Crippen LogP contribution in [0.3, 0.4) is 0 Å². The third-order valence-electron chi connectivity index (χ3n) is 7.94. The van der Waals surface area contributed by atoms with E-state index in [2.05, 4.69) is 23.6 Å². The van der Waals surface area contributed by atoms with E-state index >= 15 is 0 Å². The van der Waals surface area contributed by atoms with E-state index in [1.54, 1.807) is 0 Å². The van der Waals surface area contributed by atoms with E-state index in [0.717, 1.165) is 45.2 Å². The molecule has 0 spiro atoms. The summed E-state index contributed by atoms with van der Waals surface area (Å²) in [6.07, 6.45) is 25.7. The Kier molecular flexibility index (Phi) is 27.1. The molecule has 0 aromatic carbocycles. The van der Waals surface area contributed by atoms with Gasteiger partial charge in [-0.2, -0.15) is 16.8 Å². The van der Waals surface area contributed by atoms with Gasteiger partial charge in [0.15, 0.2) is 0 Å². The fraction of sp³-hybridized carbons (Fsp3) is 1.00. The van der Waals surface area contributed by atoms with E-state index in [9.17, 15) is 25.9 Å². The molecule has 0 aliphatic rings. The van der Waals surface area contributed by atoms with E-state index in [1.807, 2.05) is 0 Å². The largest absolute Gasteiger partial charge is 0.302 e. The molecular weight excluding hydrogens is 560 g/mol. The van der Waals surface area contributed by atoms with Crippen molar-refractivity contribution in [3.8, 4) is 0 Å².